The lowest BCUT2D eigenvalue weighted by Crippen LogP contribution is -1.96. The van der Waals surface area contributed by atoms with Gasteiger partial charge in [-0.2, -0.15) is 0 Å². The van der Waals surface area contributed by atoms with Gasteiger partial charge in [-0.15, -0.1) is 0 Å². The summed E-state index contributed by atoms with van der Waals surface area (Å²) in [7, 11) is 0. The maximum atomic E-state index is 12.7. The van der Waals surface area contributed by atoms with Crippen molar-refractivity contribution in [1.29, 1.82) is 0 Å². The normalized spacial score (nSPS) is 12.6. The van der Waals surface area contributed by atoms with Gasteiger partial charge in [0.1, 0.15) is 0 Å². The summed E-state index contributed by atoms with van der Waals surface area (Å²) < 4.78 is 12.7. The Morgan fingerprint density at radius 2 is 1.95 bits per heavy atom. The molecule has 0 fully saturated rings. The lowest BCUT2D eigenvalue weighted by molar-refractivity contribution is -0.00750. The van der Waals surface area contributed by atoms with Crippen LogP contribution in [0, 0.1) is 6.92 Å². The van der Waals surface area contributed by atoms with Gasteiger partial charge in [0.05, 0.1) is 11.1 Å². The van der Waals surface area contributed by atoms with E-state index < -0.39 is 0 Å². The maximum absolute atomic E-state index is 12.7. The Bertz CT molecular complexity index is 613. The third kappa shape index (κ3) is 3.36. The number of aliphatic imine (C=N–C) groups is 1. The number of halogens is 2. The highest BCUT2D eigenvalue weighted by atomic mass is 35.5. The number of aryl methyl sites for hydroxylation is 1. The second-order valence-corrected chi connectivity index (χ2v) is 5.01. The van der Waals surface area contributed by atoms with Gasteiger partial charge in [0.15, 0.2) is 5.75 Å². The average Bonchev–Trinajstić information content (AvgIpc) is 2.45. The number of hydrogen-bond acceptors (Lipinski definition) is 2. The molecular formula is C16H15ClFNO. The molecule has 1 atom stereocenters. The first kappa shape index (κ1) is 14.5. The molecule has 0 aliphatic rings. The molecule has 4 heteroatoms. The molecule has 2 aromatic carbocycles. The van der Waals surface area contributed by atoms with Crippen LogP contribution in [0.2, 0.25) is 5.02 Å². The van der Waals surface area contributed by atoms with Crippen LogP contribution in [0.1, 0.15) is 29.7 Å². The monoisotopic (exact) mass is 291 g/mol. The highest BCUT2D eigenvalue weighted by Crippen LogP contribution is 2.35. The minimum Gasteiger partial charge on any atom is -0.292 e. The first-order valence-electron chi connectivity index (χ1n) is 6.28. The Labute approximate surface area is 122 Å². The second kappa shape index (κ2) is 6.53. The van der Waals surface area contributed by atoms with E-state index in [1.54, 1.807) is 12.3 Å². The van der Waals surface area contributed by atoms with Gasteiger partial charge < -0.3 is 0 Å². The minimum absolute atomic E-state index is 0.0370. The highest BCUT2D eigenvalue weighted by molar-refractivity contribution is 6.32. The molecule has 20 heavy (non-hydrogen) atoms. The van der Waals surface area contributed by atoms with E-state index in [1.807, 2.05) is 50.2 Å². The van der Waals surface area contributed by atoms with Crippen molar-refractivity contribution in [3.8, 4) is 5.75 Å². The van der Waals surface area contributed by atoms with Gasteiger partial charge in [-0.25, -0.2) is 0 Å². The summed E-state index contributed by atoms with van der Waals surface area (Å²) in [6.07, 6.45) is 1.75. The molecule has 0 aliphatic carbocycles. The molecule has 0 spiro atoms. The van der Waals surface area contributed by atoms with Crippen molar-refractivity contribution in [1.82, 2.24) is 0 Å². The van der Waals surface area contributed by atoms with Crippen LogP contribution in [0.15, 0.2) is 47.5 Å². The van der Waals surface area contributed by atoms with Gasteiger partial charge >= 0.3 is 0 Å². The summed E-state index contributed by atoms with van der Waals surface area (Å²) >= 11 is 5.98. The van der Waals surface area contributed by atoms with Crippen molar-refractivity contribution in [3.63, 3.8) is 0 Å². The molecule has 1 unspecified atom stereocenters. The summed E-state index contributed by atoms with van der Waals surface area (Å²) in [6.45, 7) is 3.76. The van der Waals surface area contributed by atoms with Crippen LogP contribution >= 0.6 is 11.6 Å². The molecule has 0 heterocycles. The fourth-order valence-corrected chi connectivity index (χ4v) is 2.28. The third-order valence-electron chi connectivity index (χ3n) is 2.99. The Morgan fingerprint density at radius 3 is 2.60 bits per heavy atom. The zero-order chi connectivity index (χ0) is 14.5. The van der Waals surface area contributed by atoms with E-state index >= 15 is 0 Å². The molecule has 2 rings (SSSR count). The minimum atomic E-state index is -0.252. The van der Waals surface area contributed by atoms with Crippen molar-refractivity contribution in [2.75, 3.05) is 0 Å². The fourth-order valence-electron chi connectivity index (χ4n) is 1.96. The first-order chi connectivity index (χ1) is 9.61. The van der Waals surface area contributed by atoms with E-state index in [1.165, 1.54) is 0 Å². The number of rotatable bonds is 4. The largest absolute Gasteiger partial charge is 0.292 e. The summed E-state index contributed by atoms with van der Waals surface area (Å²) in [6, 6.07) is 12.9. The summed E-state index contributed by atoms with van der Waals surface area (Å²) in [5.74, 6) is 0.0370. The quantitative estimate of drug-likeness (QED) is 0.719. The predicted octanol–water partition coefficient (Wildman–Crippen LogP) is 5.09. The molecule has 0 N–H and O–H groups in total. The van der Waals surface area contributed by atoms with Gasteiger partial charge in [-0.05, 0) is 37.1 Å². The van der Waals surface area contributed by atoms with Crippen LogP contribution in [0.5, 0.6) is 5.75 Å². The van der Waals surface area contributed by atoms with Crippen LogP contribution < -0.4 is 4.94 Å². The van der Waals surface area contributed by atoms with E-state index in [9.17, 15) is 4.53 Å². The van der Waals surface area contributed by atoms with E-state index in [2.05, 4.69) is 9.93 Å². The molecule has 0 bridgehead atoms. The van der Waals surface area contributed by atoms with Crippen LogP contribution in [0.25, 0.3) is 0 Å². The molecule has 0 aromatic heterocycles. The number of benzene rings is 2. The van der Waals surface area contributed by atoms with Gasteiger partial charge in [0.25, 0.3) is 0 Å². The smallest absolute Gasteiger partial charge is 0.195 e. The number of nitrogens with zero attached hydrogens (tertiary/aromatic N) is 1. The van der Waals surface area contributed by atoms with Gasteiger partial charge in [-0.3, -0.25) is 9.93 Å². The zero-order valence-electron chi connectivity index (χ0n) is 11.3. The second-order valence-electron chi connectivity index (χ2n) is 4.61. The van der Waals surface area contributed by atoms with Gasteiger partial charge in [-0.1, -0.05) is 41.9 Å². The summed E-state index contributed by atoms with van der Waals surface area (Å²) in [4.78, 5) is 8.32. The lowest BCUT2D eigenvalue weighted by atomic mass is 10.0. The maximum Gasteiger partial charge on any atom is 0.195 e. The SMILES string of the molecule is Cc1cc(Cl)c(OF)c(C(C)N=Cc2ccccc2)c1. The fraction of sp³-hybridized carbons (Fsp3) is 0.188. The van der Waals surface area contributed by atoms with E-state index in [-0.39, 0.29) is 16.8 Å². The van der Waals surface area contributed by atoms with E-state index in [0.29, 0.717) is 5.56 Å². The van der Waals surface area contributed by atoms with Crippen molar-refractivity contribution in [3.05, 3.63) is 64.2 Å². The Balaban J connectivity index is 2.29. The zero-order valence-corrected chi connectivity index (χ0v) is 12.1. The summed E-state index contributed by atoms with van der Waals surface area (Å²) in [5.41, 5.74) is 2.55. The van der Waals surface area contributed by atoms with Crippen LogP contribution in [-0.2, 0) is 0 Å². The lowest BCUT2D eigenvalue weighted by Gasteiger charge is -2.12. The van der Waals surface area contributed by atoms with E-state index in [0.717, 1.165) is 11.1 Å². The van der Waals surface area contributed by atoms with Gasteiger partial charge in [0, 0.05) is 16.3 Å². The molecule has 104 valence electrons. The predicted molar refractivity (Wildman–Crippen MR) is 80.4 cm³/mol. The third-order valence-corrected chi connectivity index (χ3v) is 3.27. The van der Waals surface area contributed by atoms with Crippen molar-refractivity contribution >= 4 is 17.8 Å². The van der Waals surface area contributed by atoms with Crippen molar-refractivity contribution < 1.29 is 9.47 Å². The molecule has 2 aromatic rings. The van der Waals surface area contributed by atoms with Gasteiger partial charge in [0.2, 0.25) is 0 Å². The standard InChI is InChI=1S/C16H15ClFNO/c1-11-8-14(16(20-18)15(17)9-11)12(2)19-10-13-6-4-3-5-7-13/h3-10,12H,1-2H3. The van der Waals surface area contributed by atoms with Crippen LogP contribution in [-0.4, -0.2) is 6.21 Å². The first-order valence-corrected chi connectivity index (χ1v) is 6.66. The molecule has 2 nitrogen and oxygen atoms in total. The number of hydrogen-bond donors (Lipinski definition) is 0. The van der Waals surface area contributed by atoms with Crippen LogP contribution in [0.3, 0.4) is 0 Å². The molecule has 0 amide bonds. The highest BCUT2D eigenvalue weighted by Gasteiger charge is 2.16. The van der Waals surface area contributed by atoms with E-state index in [4.69, 9.17) is 11.6 Å². The molecule has 0 aliphatic heterocycles. The van der Waals surface area contributed by atoms with Crippen LogP contribution in [0.4, 0.5) is 4.53 Å². The Morgan fingerprint density at radius 1 is 1.25 bits per heavy atom. The van der Waals surface area contributed by atoms with Crippen molar-refractivity contribution in [2.45, 2.75) is 19.9 Å². The van der Waals surface area contributed by atoms with Crippen molar-refractivity contribution in [2.24, 2.45) is 4.99 Å². The molecular weight excluding hydrogens is 277 g/mol. The Hall–Kier alpha value is -1.87. The molecule has 0 saturated heterocycles. The molecule has 0 saturated carbocycles. The average molecular weight is 292 g/mol. The topological polar surface area (TPSA) is 21.6 Å². The molecule has 0 radical (unpaired) electrons. The summed E-state index contributed by atoms with van der Waals surface area (Å²) in [5, 5.41) is 0.254. The Kier molecular flexibility index (Phi) is 4.74.